The first-order valence-electron chi connectivity index (χ1n) is 4.52. The van der Waals surface area contributed by atoms with Crippen LogP contribution in [-0.2, 0) is 6.16 Å². The lowest BCUT2D eigenvalue weighted by Crippen LogP contribution is -2.06. The fourth-order valence-electron chi connectivity index (χ4n) is 1.14. The number of nitrogens with one attached hydrogen (secondary N) is 1. The standard InChI is InChI=1S/C11H15BrNP/c1-3-8-13-14(2)9-10-4-6-11(12)7-5-10/h3-7,13H,1,8-9H2,2H3. The van der Waals surface area contributed by atoms with Gasteiger partial charge in [-0.15, -0.1) is 6.58 Å². The number of benzene rings is 1. The monoisotopic (exact) mass is 271 g/mol. The van der Waals surface area contributed by atoms with Gasteiger partial charge in [-0.05, 0) is 32.4 Å². The second-order valence-electron chi connectivity index (χ2n) is 3.13. The Labute approximate surface area is 95.5 Å². The quantitative estimate of drug-likeness (QED) is 0.635. The first-order valence-corrected chi connectivity index (χ1v) is 7.29. The molecule has 1 unspecified atom stereocenters. The highest BCUT2D eigenvalue weighted by molar-refractivity contribution is 9.10. The average Bonchev–Trinajstić information content (AvgIpc) is 2.18. The summed E-state index contributed by atoms with van der Waals surface area (Å²) in [5.74, 6) is 0. The summed E-state index contributed by atoms with van der Waals surface area (Å²) in [5.41, 5.74) is 1.39. The van der Waals surface area contributed by atoms with E-state index in [0.29, 0.717) is 0 Å². The maximum absolute atomic E-state index is 3.69. The predicted molar refractivity (Wildman–Crippen MR) is 68.9 cm³/mol. The smallest absolute Gasteiger partial charge is 0.0175 e. The normalized spacial score (nSPS) is 12.4. The first kappa shape index (κ1) is 11.9. The van der Waals surface area contributed by atoms with Crippen molar-refractivity contribution in [2.75, 3.05) is 13.2 Å². The van der Waals surface area contributed by atoms with Gasteiger partial charge in [0.05, 0.1) is 0 Å². The van der Waals surface area contributed by atoms with Crippen LogP contribution in [0.25, 0.3) is 0 Å². The Kier molecular flexibility index (Phi) is 5.39. The molecule has 14 heavy (non-hydrogen) atoms. The Morgan fingerprint density at radius 2 is 2.07 bits per heavy atom. The molecule has 76 valence electrons. The van der Waals surface area contributed by atoms with Crippen LogP contribution in [0, 0.1) is 0 Å². The van der Waals surface area contributed by atoms with Crippen molar-refractivity contribution in [3.8, 4) is 0 Å². The first-order chi connectivity index (χ1) is 6.72. The summed E-state index contributed by atoms with van der Waals surface area (Å²) in [6, 6.07) is 8.51. The maximum atomic E-state index is 3.69. The Balaban J connectivity index is 2.43. The average molecular weight is 272 g/mol. The Morgan fingerprint density at radius 1 is 1.43 bits per heavy atom. The van der Waals surface area contributed by atoms with Crippen molar-refractivity contribution in [3.63, 3.8) is 0 Å². The second kappa shape index (κ2) is 6.34. The third-order valence-electron chi connectivity index (χ3n) is 1.84. The Bertz CT molecular complexity index is 284. The van der Waals surface area contributed by atoms with Crippen LogP contribution in [0.5, 0.6) is 0 Å². The summed E-state index contributed by atoms with van der Waals surface area (Å²) in [4.78, 5) is 0. The van der Waals surface area contributed by atoms with Crippen molar-refractivity contribution in [1.82, 2.24) is 5.09 Å². The van der Waals surface area contributed by atoms with E-state index in [2.05, 4.69) is 58.5 Å². The van der Waals surface area contributed by atoms with E-state index in [1.807, 2.05) is 6.08 Å². The molecular formula is C11H15BrNP. The molecule has 0 fully saturated rings. The highest BCUT2D eigenvalue weighted by atomic mass is 79.9. The molecule has 1 aromatic carbocycles. The van der Waals surface area contributed by atoms with Gasteiger partial charge in [0.1, 0.15) is 0 Å². The van der Waals surface area contributed by atoms with Gasteiger partial charge in [0.25, 0.3) is 0 Å². The number of halogens is 1. The summed E-state index contributed by atoms with van der Waals surface area (Å²) in [7, 11) is -0.109. The molecule has 1 N–H and O–H groups in total. The summed E-state index contributed by atoms with van der Waals surface area (Å²) in [6.45, 7) is 6.85. The van der Waals surface area contributed by atoms with E-state index in [1.54, 1.807) is 0 Å². The second-order valence-corrected chi connectivity index (χ2v) is 6.08. The molecule has 0 amide bonds. The van der Waals surface area contributed by atoms with Crippen LogP contribution in [0.2, 0.25) is 0 Å². The van der Waals surface area contributed by atoms with Gasteiger partial charge < -0.3 is 0 Å². The molecule has 1 atom stereocenters. The molecule has 0 aromatic heterocycles. The Hall–Kier alpha value is -0.170. The minimum atomic E-state index is -0.109. The number of rotatable bonds is 5. The zero-order valence-electron chi connectivity index (χ0n) is 8.33. The maximum Gasteiger partial charge on any atom is 0.0175 e. The summed E-state index contributed by atoms with van der Waals surface area (Å²) >= 11 is 3.43. The van der Waals surface area contributed by atoms with Crippen LogP contribution in [0.15, 0.2) is 41.4 Å². The molecule has 0 aliphatic heterocycles. The SMILES string of the molecule is C=CCNP(C)Cc1ccc(Br)cc1. The summed E-state index contributed by atoms with van der Waals surface area (Å²) in [5, 5.41) is 3.43. The van der Waals surface area contributed by atoms with Crippen LogP contribution in [0.3, 0.4) is 0 Å². The topological polar surface area (TPSA) is 12.0 Å². The molecule has 1 rings (SSSR count). The van der Waals surface area contributed by atoms with Gasteiger partial charge in [0.2, 0.25) is 0 Å². The van der Waals surface area contributed by atoms with Crippen LogP contribution < -0.4 is 5.09 Å². The molecule has 0 spiro atoms. The molecule has 0 saturated carbocycles. The van der Waals surface area contributed by atoms with Crippen molar-refractivity contribution in [2.45, 2.75) is 6.16 Å². The van der Waals surface area contributed by atoms with Gasteiger partial charge >= 0.3 is 0 Å². The zero-order valence-corrected chi connectivity index (χ0v) is 10.8. The molecule has 1 aromatic rings. The molecule has 0 saturated heterocycles. The van der Waals surface area contributed by atoms with E-state index >= 15 is 0 Å². The molecule has 0 radical (unpaired) electrons. The molecule has 3 heteroatoms. The third kappa shape index (κ3) is 4.36. The van der Waals surface area contributed by atoms with Gasteiger partial charge in [-0.25, -0.2) is 0 Å². The third-order valence-corrected chi connectivity index (χ3v) is 3.93. The van der Waals surface area contributed by atoms with E-state index in [1.165, 1.54) is 5.56 Å². The molecule has 0 aliphatic carbocycles. The molecule has 1 nitrogen and oxygen atoms in total. The molecule has 0 aliphatic rings. The largest absolute Gasteiger partial charge is 0.292 e. The molecule has 0 heterocycles. The van der Waals surface area contributed by atoms with Crippen LogP contribution >= 0.6 is 24.0 Å². The van der Waals surface area contributed by atoms with Crippen molar-refractivity contribution < 1.29 is 0 Å². The zero-order chi connectivity index (χ0) is 10.4. The molecule has 0 bridgehead atoms. The van der Waals surface area contributed by atoms with Gasteiger partial charge in [0.15, 0.2) is 0 Å². The highest BCUT2D eigenvalue weighted by Gasteiger charge is 2.00. The number of hydrogen-bond donors (Lipinski definition) is 1. The minimum Gasteiger partial charge on any atom is -0.292 e. The van der Waals surface area contributed by atoms with Crippen molar-refractivity contribution in [1.29, 1.82) is 0 Å². The Morgan fingerprint density at radius 3 is 2.64 bits per heavy atom. The van der Waals surface area contributed by atoms with Crippen LogP contribution in [-0.4, -0.2) is 13.2 Å². The summed E-state index contributed by atoms with van der Waals surface area (Å²) < 4.78 is 1.14. The van der Waals surface area contributed by atoms with Crippen molar-refractivity contribution >= 4 is 24.0 Å². The fraction of sp³-hybridized carbons (Fsp3) is 0.273. The minimum absolute atomic E-state index is 0.109. The lowest BCUT2D eigenvalue weighted by molar-refractivity contribution is 1.09. The number of hydrogen-bond acceptors (Lipinski definition) is 1. The molecular weight excluding hydrogens is 257 g/mol. The van der Waals surface area contributed by atoms with Crippen molar-refractivity contribution in [2.24, 2.45) is 0 Å². The summed E-state index contributed by atoms with van der Waals surface area (Å²) in [6.07, 6.45) is 3.02. The van der Waals surface area contributed by atoms with Gasteiger partial charge in [-0.1, -0.05) is 34.1 Å². The van der Waals surface area contributed by atoms with E-state index in [-0.39, 0.29) is 8.07 Å². The lowest BCUT2D eigenvalue weighted by Gasteiger charge is -2.12. The van der Waals surface area contributed by atoms with Crippen molar-refractivity contribution in [3.05, 3.63) is 47.0 Å². The van der Waals surface area contributed by atoms with Crippen LogP contribution in [0.4, 0.5) is 0 Å². The van der Waals surface area contributed by atoms with E-state index < -0.39 is 0 Å². The van der Waals surface area contributed by atoms with Gasteiger partial charge in [-0.2, -0.15) is 0 Å². The highest BCUT2D eigenvalue weighted by Crippen LogP contribution is 2.30. The fourth-order valence-corrected chi connectivity index (χ4v) is 2.72. The van der Waals surface area contributed by atoms with E-state index in [0.717, 1.165) is 17.2 Å². The van der Waals surface area contributed by atoms with Gasteiger partial charge in [-0.3, -0.25) is 5.09 Å². The predicted octanol–water partition coefficient (Wildman–Crippen LogP) is 3.75. The van der Waals surface area contributed by atoms with E-state index in [4.69, 9.17) is 0 Å². The lowest BCUT2D eigenvalue weighted by atomic mass is 10.2. The van der Waals surface area contributed by atoms with Gasteiger partial charge in [0, 0.05) is 17.2 Å². The van der Waals surface area contributed by atoms with Crippen LogP contribution in [0.1, 0.15) is 5.56 Å². The van der Waals surface area contributed by atoms with E-state index in [9.17, 15) is 0 Å².